The Bertz CT molecular complexity index is 632. The molecule has 1 aromatic rings. The number of nitrogens with two attached hydrogens (primary N) is 1. The van der Waals surface area contributed by atoms with Gasteiger partial charge in [-0.25, -0.2) is 0 Å². The minimum absolute atomic E-state index is 0.159. The van der Waals surface area contributed by atoms with Crippen molar-refractivity contribution in [2.45, 2.75) is 19.3 Å². The Morgan fingerprint density at radius 2 is 2.00 bits per heavy atom. The third kappa shape index (κ3) is 3.92. The Hall–Kier alpha value is -2.28. The van der Waals surface area contributed by atoms with Crippen molar-refractivity contribution in [2.24, 2.45) is 0 Å². The molecule has 2 rings (SSSR count). The molecule has 1 saturated heterocycles. The highest BCUT2D eigenvalue weighted by Gasteiger charge is 2.28. The fourth-order valence-electron chi connectivity index (χ4n) is 2.32. The number of nitrogens with one attached hydrogen (secondary N) is 1. The second kappa shape index (κ2) is 7.32. The molecular formula is C15H18ClN3O4. The zero-order chi connectivity index (χ0) is 17.0. The molecular weight excluding hydrogens is 322 g/mol. The van der Waals surface area contributed by atoms with Gasteiger partial charge in [0.05, 0.1) is 23.4 Å². The van der Waals surface area contributed by atoms with Crippen molar-refractivity contribution in [1.29, 1.82) is 0 Å². The first-order valence-corrected chi connectivity index (χ1v) is 7.56. The fraction of sp³-hybridized carbons (Fsp3) is 0.400. The van der Waals surface area contributed by atoms with Gasteiger partial charge in [0.1, 0.15) is 5.75 Å². The van der Waals surface area contributed by atoms with E-state index in [1.165, 1.54) is 24.1 Å². The quantitative estimate of drug-likeness (QED) is 0.460. The summed E-state index contributed by atoms with van der Waals surface area (Å²) in [5.74, 6) is -0.348. The lowest BCUT2D eigenvalue weighted by molar-refractivity contribution is -0.138. The molecule has 0 aromatic heterocycles. The predicted octanol–water partition coefficient (Wildman–Crippen LogP) is 1.20. The number of hydrogen-bond acceptors (Lipinski definition) is 5. The Labute approximate surface area is 138 Å². The van der Waals surface area contributed by atoms with Gasteiger partial charge in [-0.1, -0.05) is 11.6 Å². The lowest BCUT2D eigenvalue weighted by atomic mass is 10.1. The molecule has 0 bridgehead atoms. The highest BCUT2D eigenvalue weighted by Crippen LogP contribution is 2.28. The smallest absolute Gasteiger partial charge is 0.255 e. The summed E-state index contributed by atoms with van der Waals surface area (Å²) in [4.78, 5) is 36.3. The normalized spacial score (nSPS) is 14.3. The summed E-state index contributed by atoms with van der Waals surface area (Å²) in [6, 6.07) is 2.93. The van der Waals surface area contributed by atoms with Crippen LogP contribution in [-0.2, 0) is 9.59 Å². The minimum atomic E-state index is -0.358. The standard InChI is InChI=1S/C15H18ClN3O4/c1-23-12-8-11(17)10(16)7-9(12)15(22)18-5-2-6-19-13(20)3-4-14(19)21/h7-8H,2-6,17H2,1H3,(H,18,22). The van der Waals surface area contributed by atoms with Crippen LogP contribution in [0.25, 0.3) is 0 Å². The van der Waals surface area contributed by atoms with Gasteiger partial charge in [-0.15, -0.1) is 0 Å². The van der Waals surface area contributed by atoms with Crippen molar-refractivity contribution in [1.82, 2.24) is 10.2 Å². The van der Waals surface area contributed by atoms with Gasteiger partial charge in [-0.3, -0.25) is 19.3 Å². The van der Waals surface area contributed by atoms with E-state index in [2.05, 4.69) is 5.32 Å². The molecule has 1 aromatic carbocycles. The summed E-state index contributed by atoms with van der Waals surface area (Å²) in [6.45, 7) is 0.624. The van der Waals surface area contributed by atoms with Crippen molar-refractivity contribution in [3.63, 3.8) is 0 Å². The number of nitrogen functional groups attached to an aromatic ring is 1. The van der Waals surface area contributed by atoms with Crippen molar-refractivity contribution in [3.05, 3.63) is 22.7 Å². The van der Waals surface area contributed by atoms with Crippen molar-refractivity contribution in [2.75, 3.05) is 25.9 Å². The molecule has 7 nitrogen and oxygen atoms in total. The first-order valence-electron chi connectivity index (χ1n) is 7.18. The van der Waals surface area contributed by atoms with Gasteiger partial charge in [-0.2, -0.15) is 0 Å². The van der Waals surface area contributed by atoms with Crippen LogP contribution in [0.3, 0.4) is 0 Å². The Balaban J connectivity index is 1.89. The van der Waals surface area contributed by atoms with E-state index < -0.39 is 0 Å². The van der Waals surface area contributed by atoms with Crippen LogP contribution in [-0.4, -0.2) is 42.8 Å². The van der Waals surface area contributed by atoms with Crippen molar-refractivity contribution < 1.29 is 19.1 Å². The molecule has 0 aliphatic carbocycles. The van der Waals surface area contributed by atoms with E-state index in [0.29, 0.717) is 30.9 Å². The summed E-state index contributed by atoms with van der Waals surface area (Å²) < 4.78 is 5.12. The second-order valence-corrected chi connectivity index (χ2v) is 5.53. The molecule has 0 spiro atoms. The molecule has 3 N–H and O–H groups in total. The number of halogens is 1. The number of amides is 3. The predicted molar refractivity (Wildman–Crippen MR) is 85.3 cm³/mol. The largest absolute Gasteiger partial charge is 0.496 e. The van der Waals surface area contributed by atoms with E-state index in [4.69, 9.17) is 22.1 Å². The van der Waals surface area contributed by atoms with E-state index in [1.807, 2.05) is 0 Å². The first-order chi connectivity index (χ1) is 10.9. The van der Waals surface area contributed by atoms with Crippen molar-refractivity contribution in [3.8, 4) is 5.75 Å². The van der Waals surface area contributed by atoms with Crippen LogP contribution >= 0.6 is 11.6 Å². The Morgan fingerprint density at radius 1 is 1.35 bits per heavy atom. The number of likely N-dealkylation sites (tertiary alicyclic amines) is 1. The van der Waals surface area contributed by atoms with E-state index in [0.717, 1.165) is 0 Å². The first kappa shape index (κ1) is 17.1. The number of imide groups is 1. The molecule has 0 unspecified atom stereocenters. The maximum atomic E-state index is 12.2. The summed E-state index contributed by atoms with van der Waals surface area (Å²) in [5, 5.41) is 2.97. The molecule has 0 atom stereocenters. The van der Waals surface area contributed by atoms with Crippen LogP contribution in [0.5, 0.6) is 5.75 Å². The zero-order valence-corrected chi connectivity index (χ0v) is 13.5. The number of nitrogens with zero attached hydrogens (tertiary/aromatic N) is 1. The number of carbonyl (C=O) groups excluding carboxylic acids is 3. The van der Waals surface area contributed by atoms with Gasteiger partial charge in [0, 0.05) is 32.0 Å². The maximum Gasteiger partial charge on any atom is 0.255 e. The van der Waals surface area contributed by atoms with Crippen LogP contribution in [0, 0.1) is 0 Å². The van der Waals surface area contributed by atoms with E-state index in [1.54, 1.807) is 0 Å². The average Bonchev–Trinajstić information content (AvgIpc) is 2.84. The van der Waals surface area contributed by atoms with Crippen LogP contribution in [0.4, 0.5) is 5.69 Å². The molecule has 124 valence electrons. The van der Waals surface area contributed by atoms with Crippen molar-refractivity contribution >= 4 is 35.0 Å². The van der Waals surface area contributed by atoms with Crippen LogP contribution in [0.1, 0.15) is 29.6 Å². The molecule has 0 radical (unpaired) electrons. The third-order valence-electron chi connectivity index (χ3n) is 3.56. The Kier molecular flexibility index (Phi) is 5.44. The van der Waals surface area contributed by atoms with Gasteiger partial charge < -0.3 is 15.8 Å². The van der Waals surface area contributed by atoms with Crippen LogP contribution in [0.15, 0.2) is 12.1 Å². The number of rotatable bonds is 6. The summed E-state index contributed by atoms with van der Waals surface area (Å²) >= 11 is 5.92. The molecule has 0 saturated carbocycles. The molecule has 1 aliphatic heterocycles. The zero-order valence-electron chi connectivity index (χ0n) is 12.7. The highest BCUT2D eigenvalue weighted by atomic mass is 35.5. The molecule has 1 fully saturated rings. The monoisotopic (exact) mass is 339 g/mol. The molecule has 1 heterocycles. The van der Waals surface area contributed by atoms with Gasteiger partial charge in [-0.05, 0) is 12.5 Å². The van der Waals surface area contributed by atoms with E-state index in [9.17, 15) is 14.4 Å². The molecule has 8 heteroatoms. The lowest BCUT2D eigenvalue weighted by Gasteiger charge is -2.14. The average molecular weight is 340 g/mol. The van der Waals surface area contributed by atoms with Gasteiger partial charge >= 0.3 is 0 Å². The number of benzene rings is 1. The minimum Gasteiger partial charge on any atom is -0.496 e. The summed E-state index contributed by atoms with van der Waals surface area (Å²) in [6.07, 6.45) is 1.02. The van der Waals surface area contributed by atoms with Crippen LogP contribution in [0.2, 0.25) is 5.02 Å². The molecule has 3 amide bonds. The number of methoxy groups -OCH3 is 1. The summed E-state index contributed by atoms with van der Waals surface area (Å²) in [7, 11) is 1.43. The van der Waals surface area contributed by atoms with Gasteiger partial charge in [0.25, 0.3) is 5.91 Å². The fourth-order valence-corrected chi connectivity index (χ4v) is 2.49. The molecule has 23 heavy (non-hydrogen) atoms. The van der Waals surface area contributed by atoms with Gasteiger partial charge in [0.15, 0.2) is 0 Å². The summed E-state index contributed by atoms with van der Waals surface area (Å²) in [5.41, 5.74) is 6.27. The number of carbonyl (C=O) groups is 3. The lowest BCUT2D eigenvalue weighted by Crippen LogP contribution is -2.33. The van der Waals surface area contributed by atoms with Crippen LogP contribution < -0.4 is 15.8 Å². The Morgan fingerprint density at radius 3 is 2.61 bits per heavy atom. The topological polar surface area (TPSA) is 102 Å². The van der Waals surface area contributed by atoms with E-state index in [-0.39, 0.29) is 41.1 Å². The number of hydrogen-bond donors (Lipinski definition) is 2. The number of anilines is 1. The van der Waals surface area contributed by atoms with Gasteiger partial charge in [0.2, 0.25) is 11.8 Å². The second-order valence-electron chi connectivity index (χ2n) is 5.12. The molecule has 1 aliphatic rings. The number of ether oxygens (including phenoxy) is 1. The maximum absolute atomic E-state index is 12.2. The highest BCUT2D eigenvalue weighted by molar-refractivity contribution is 6.33. The SMILES string of the molecule is COc1cc(N)c(Cl)cc1C(=O)NCCCN1C(=O)CCC1=O. The van der Waals surface area contributed by atoms with E-state index >= 15 is 0 Å². The third-order valence-corrected chi connectivity index (χ3v) is 3.89.